The molecule has 0 bridgehead atoms. The van der Waals surface area contributed by atoms with Gasteiger partial charge in [0.05, 0.1) is 18.4 Å². The van der Waals surface area contributed by atoms with Crippen LogP contribution in [0.5, 0.6) is 5.75 Å². The molecule has 0 unspecified atom stereocenters. The number of benzene rings is 2. The van der Waals surface area contributed by atoms with Crippen molar-refractivity contribution >= 4 is 21.8 Å². The molecule has 6 heteroatoms. The van der Waals surface area contributed by atoms with E-state index in [-0.39, 0.29) is 17.2 Å². The molecule has 1 aromatic heterocycles. The van der Waals surface area contributed by atoms with Gasteiger partial charge in [-0.15, -0.1) is 0 Å². The van der Waals surface area contributed by atoms with Crippen molar-refractivity contribution in [1.82, 2.24) is 5.32 Å². The van der Waals surface area contributed by atoms with Gasteiger partial charge >= 0.3 is 0 Å². The molecule has 0 aliphatic rings. The van der Waals surface area contributed by atoms with E-state index in [1.807, 2.05) is 36.4 Å². The van der Waals surface area contributed by atoms with Crippen molar-refractivity contribution in [3.05, 3.63) is 87.8 Å². The van der Waals surface area contributed by atoms with E-state index in [1.165, 1.54) is 6.07 Å². The third-order valence-corrected chi connectivity index (χ3v) is 4.23. The molecule has 134 valence electrons. The van der Waals surface area contributed by atoms with Crippen LogP contribution in [0.3, 0.4) is 0 Å². The number of hydrogen-bond donors (Lipinski definition) is 2. The number of phenols is 1. The normalized spacial score (nSPS) is 10.7. The van der Waals surface area contributed by atoms with Gasteiger partial charge in [0.25, 0.3) is 5.91 Å². The molecular formula is C20H18BrNO4. The minimum absolute atomic E-state index is 0.0502. The Kier molecular flexibility index (Phi) is 6.09. The number of nitrogens with one attached hydrogen (secondary N) is 1. The van der Waals surface area contributed by atoms with Crippen molar-refractivity contribution in [3.8, 4) is 5.75 Å². The monoisotopic (exact) mass is 415 g/mol. The summed E-state index contributed by atoms with van der Waals surface area (Å²) in [5, 5.41) is 12.6. The first-order valence-corrected chi connectivity index (χ1v) is 8.86. The summed E-state index contributed by atoms with van der Waals surface area (Å²) in [6, 6.07) is 16.2. The van der Waals surface area contributed by atoms with Gasteiger partial charge in [0.15, 0.2) is 0 Å². The molecule has 2 aromatic carbocycles. The minimum Gasteiger partial charge on any atom is -0.507 e. The molecule has 2 N–H and O–H groups in total. The van der Waals surface area contributed by atoms with Gasteiger partial charge < -0.3 is 19.6 Å². The lowest BCUT2D eigenvalue weighted by molar-refractivity contribution is 0.0928. The molecule has 0 spiro atoms. The maximum absolute atomic E-state index is 12.3. The summed E-state index contributed by atoms with van der Waals surface area (Å²) < 4.78 is 11.6. The summed E-state index contributed by atoms with van der Waals surface area (Å²) in [4.78, 5) is 12.3. The third-order valence-electron chi connectivity index (χ3n) is 3.74. The number of carbonyl (C=O) groups excluding carboxylic acids is 1. The van der Waals surface area contributed by atoms with E-state index < -0.39 is 0 Å². The van der Waals surface area contributed by atoms with Gasteiger partial charge in [0.1, 0.15) is 18.1 Å². The molecule has 26 heavy (non-hydrogen) atoms. The van der Waals surface area contributed by atoms with Crippen LogP contribution in [0, 0.1) is 0 Å². The number of rotatable bonds is 7. The summed E-state index contributed by atoms with van der Waals surface area (Å²) in [5.41, 5.74) is 2.19. The molecule has 0 aliphatic heterocycles. The lowest BCUT2D eigenvalue weighted by Gasteiger charge is -2.09. The Bertz CT molecular complexity index is 877. The van der Waals surface area contributed by atoms with Gasteiger partial charge in [0.2, 0.25) is 0 Å². The Hall–Kier alpha value is -2.57. The Morgan fingerprint density at radius 3 is 2.73 bits per heavy atom. The minimum atomic E-state index is -0.330. The maximum atomic E-state index is 12.3. The van der Waals surface area contributed by atoms with Crippen LogP contribution in [-0.2, 0) is 24.5 Å². The Morgan fingerprint density at radius 2 is 1.92 bits per heavy atom. The predicted molar refractivity (Wildman–Crippen MR) is 101 cm³/mol. The van der Waals surface area contributed by atoms with E-state index in [0.717, 1.165) is 21.4 Å². The van der Waals surface area contributed by atoms with Crippen molar-refractivity contribution in [3.63, 3.8) is 0 Å². The largest absolute Gasteiger partial charge is 0.507 e. The van der Waals surface area contributed by atoms with E-state index in [2.05, 4.69) is 21.2 Å². The van der Waals surface area contributed by atoms with Crippen LogP contribution in [0.25, 0.3) is 0 Å². The SMILES string of the molecule is O=C(NCc1cccc(COCc2ccco2)c1)c1cc(Br)ccc1O. The number of amides is 1. The van der Waals surface area contributed by atoms with Crippen LogP contribution in [0.4, 0.5) is 0 Å². The van der Waals surface area contributed by atoms with Crippen LogP contribution in [0.15, 0.2) is 69.8 Å². The summed E-state index contributed by atoms with van der Waals surface area (Å²) in [5.74, 6) is 0.399. The van der Waals surface area contributed by atoms with Crippen LogP contribution < -0.4 is 5.32 Å². The highest BCUT2D eigenvalue weighted by molar-refractivity contribution is 9.10. The highest BCUT2D eigenvalue weighted by Crippen LogP contribution is 2.21. The number of phenolic OH excluding ortho intramolecular Hbond substituents is 1. The number of furan rings is 1. The van der Waals surface area contributed by atoms with E-state index in [4.69, 9.17) is 9.15 Å². The van der Waals surface area contributed by atoms with Gasteiger partial charge in [-0.1, -0.05) is 40.2 Å². The molecule has 0 saturated heterocycles. The highest BCUT2D eigenvalue weighted by Gasteiger charge is 2.11. The van der Waals surface area contributed by atoms with Crippen LogP contribution in [0.1, 0.15) is 27.2 Å². The fourth-order valence-electron chi connectivity index (χ4n) is 2.46. The summed E-state index contributed by atoms with van der Waals surface area (Å²) in [6.07, 6.45) is 1.62. The molecule has 0 radical (unpaired) electrons. The first-order chi connectivity index (χ1) is 12.6. The number of halogens is 1. The molecular weight excluding hydrogens is 398 g/mol. The molecule has 1 amide bonds. The molecule has 3 rings (SSSR count). The summed E-state index contributed by atoms with van der Waals surface area (Å²) in [6.45, 7) is 1.22. The predicted octanol–water partition coefficient (Wildman–Crippen LogP) is 4.39. The van der Waals surface area contributed by atoms with Crippen LogP contribution in [-0.4, -0.2) is 11.0 Å². The van der Waals surface area contributed by atoms with Gasteiger partial charge in [-0.25, -0.2) is 0 Å². The van der Waals surface area contributed by atoms with Crippen molar-refractivity contribution in [1.29, 1.82) is 0 Å². The fraction of sp³-hybridized carbons (Fsp3) is 0.150. The number of ether oxygens (including phenoxy) is 1. The van der Waals surface area contributed by atoms with Gasteiger partial charge in [-0.3, -0.25) is 4.79 Å². The topological polar surface area (TPSA) is 71.7 Å². The summed E-state index contributed by atoms with van der Waals surface area (Å²) >= 11 is 3.30. The first kappa shape index (κ1) is 18.2. The van der Waals surface area contributed by atoms with Gasteiger partial charge in [0, 0.05) is 11.0 Å². The number of hydrogen-bond acceptors (Lipinski definition) is 4. The first-order valence-electron chi connectivity index (χ1n) is 8.06. The standard InChI is InChI=1S/C20H18BrNO4/c21-16-6-7-19(23)18(10-16)20(24)22-11-14-3-1-4-15(9-14)12-25-13-17-5-2-8-26-17/h1-10,23H,11-13H2,(H,22,24). The number of aromatic hydroxyl groups is 1. The Balaban J connectivity index is 1.54. The maximum Gasteiger partial charge on any atom is 0.255 e. The zero-order valence-corrected chi connectivity index (χ0v) is 15.5. The van der Waals surface area contributed by atoms with Gasteiger partial charge in [-0.05, 0) is 41.5 Å². The average Bonchev–Trinajstić information content (AvgIpc) is 3.15. The van der Waals surface area contributed by atoms with Crippen LogP contribution >= 0.6 is 15.9 Å². The second-order valence-corrected chi connectivity index (χ2v) is 6.65. The third kappa shape index (κ3) is 4.97. The zero-order chi connectivity index (χ0) is 18.4. The van der Waals surface area contributed by atoms with E-state index in [1.54, 1.807) is 18.4 Å². The smallest absolute Gasteiger partial charge is 0.255 e. The molecule has 5 nitrogen and oxygen atoms in total. The fourth-order valence-corrected chi connectivity index (χ4v) is 2.82. The van der Waals surface area contributed by atoms with Crippen molar-refractivity contribution in [2.45, 2.75) is 19.8 Å². The molecule has 1 heterocycles. The highest BCUT2D eigenvalue weighted by atomic mass is 79.9. The molecule has 0 fully saturated rings. The second-order valence-electron chi connectivity index (χ2n) is 5.74. The van der Waals surface area contributed by atoms with Gasteiger partial charge in [-0.2, -0.15) is 0 Å². The van der Waals surface area contributed by atoms with E-state index in [0.29, 0.717) is 19.8 Å². The van der Waals surface area contributed by atoms with E-state index in [9.17, 15) is 9.90 Å². The van der Waals surface area contributed by atoms with Crippen molar-refractivity contribution < 1.29 is 19.1 Å². The Morgan fingerprint density at radius 1 is 1.08 bits per heavy atom. The average molecular weight is 416 g/mol. The van der Waals surface area contributed by atoms with E-state index >= 15 is 0 Å². The van der Waals surface area contributed by atoms with Crippen molar-refractivity contribution in [2.75, 3.05) is 0 Å². The zero-order valence-electron chi connectivity index (χ0n) is 13.9. The lowest BCUT2D eigenvalue weighted by Crippen LogP contribution is -2.23. The molecule has 0 saturated carbocycles. The summed E-state index contributed by atoms with van der Waals surface area (Å²) in [7, 11) is 0. The second kappa shape index (κ2) is 8.69. The Labute approximate surface area is 159 Å². The molecule has 3 aromatic rings. The quantitative estimate of drug-likeness (QED) is 0.599. The molecule has 0 atom stereocenters. The van der Waals surface area contributed by atoms with Crippen LogP contribution in [0.2, 0.25) is 0 Å². The number of carbonyl (C=O) groups is 1. The lowest BCUT2D eigenvalue weighted by atomic mass is 10.1. The van der Waals surface area contributed by atoms with Crippen molar-refractivity contribution in [2.24, 2.45) is 0 Å². The molecule has 0 aliphatic carbocycles.